The summed E-state index contributed by atoms with van der Waals surface area (Å²) in [5, 5.41) is 2.56. The molecule has 1 aromatic rings. The van der Waals surface area contributed by atoms with E-state index in [0.717, 1.165) is 6.07 Å². The van der Waals surface area contributed by atoms with Gasteiger partial charge in [-0.05, 0) is 25.8 Å². The number of rotatable bonds is 5. The third kappa shape index (κ3) is 3.34. The number of carbonyl (C=O) groups is 2. The molecular formula is C17H23F2N3O2. The van der Waals surface area contributed by atoms with Crippen molar-refractivity contribution >= 4 is 17.6 Å². The number of amides is 3. The summed E-state index contributed by atoms with van der Waals surface area (Å²) in [6.07, 6.45) is 0. The van der Waals surface area contributed by atoms with E-state index in [1.807, 2.05) is 27.7 Å². The van der Waals surface area contributed by atoms with Crippen LogP contribution in [-0.4, -0.2) is 42.5 Å². The van der Waals surface area contributed by atoms with Crippen LogP contribution in [0.4, 0.5) is 19.3 Å². The zero-order chi connectivity index (χ0) is 18.0. The summed E-state index contributed by atoms with van der Waals surface area (Å²) < 4.78 is 28.3. The number of halogens is 2. The third-order valence-electron chi connectivity index (χ3n) is 4.47. The fourth-order valence-corrected chi connectivity index (χ4v) is 2.74. The molecule has 24 heavy (non-hydrogen) atoms. The molecule has 0 bridgehead atoms. The Morgan fingerprint density at radius 3 is 2.46 bits per heavy atom. The first-order chi connectivity index (χ1) is 11.3. The number of anilines is 1. The van der Waals surface area contributed by atoms with Gasteiger partial charge in [-0.15, -0.1) is 0 Å². The molecule has 1 aliphatic heterocycles. The number of hydrogen-bond acceptors (Lipinski definition) is 2. The predicted octanol–water partition coefficient (Wildman–Crippen LogP) is 3.00. The van der Waals surface area contributed by atoms with Crippen LogP contribution in [0.3, 0.4) is 0 Å². The first-order valence-corrected chi connectivity index (χ1v) is 8.13. The fraction of sp³-hybridized carbons (Fsp3) is 0.529. The Bertz CT molecular complexity index is 649. The second-order valence-electron chi connectivity index (χ2n) is 6.24. The van der Waals surface area contributed by atoms with Crippen molar-refractivity contribution in [3.8, 4) is 0 Å². The number of urea groups is 1. The van der Waals surface area contributed by atoms with Gasteiger partial charge in [0.15, 0.2) is 0 Å². The van der Waals surface area contributed by atoms with Crippen molar-refractivity contribution in [3.05, 3.63) is 29.3 Å². The minimum atomic E-state index is -0.921. The van der Waals surface area contributed by atoms with Crippen molar-refractivity contribution in [2.75, 3.05) is 24.5 Å². The Kier molecular flexibility index (Phi) is 5.41. The van der Waals surface area contributed by atoms with Gasteiger partial charge in [-0.1, -0.05) is 13.8 Å². The first-order valence-electron chi connectivity index (χ1n) is 8.13. The molecule has 0 spiro atoms. The highest BCUT2D eigenvalue weighted by Crippen LogP contribution is 2.26. The van der Waals surface area contributed by atoms with E-state index in [1.165, 1.54) is 4.90 Å². The molecule has 1 N–H and O–H groups in total. The molecule has 1 atom stereocenters. The van der Waals surface area contributed by atoms with Crippen molar-refractivity contribution in [1.82, 2.24) is 10.2 Å². The molecule has 1 fully saturated rings. The van der Waals surface area contributed by atoms with Crippen LogP contribution in [0, 0.1) is 17.6 Å². The summed E-state index contributed by atoms with van der Waals surface area (Å²) in [5.41, 5.74) is -0.302. The Hall–Kier alpha value is -2.18. The molecule has 0 aromatic heterocycles. The Labute approximate surface area is 140 Å². The molecule has 1 saturated heterocycles. The SMILES string of the molecule is CCN(C(=O)c1cc(N2CCNC2=O)c(F)cc1F)[C@H](C)C(C)C. The predicted molar refractivity (Wildman–Crippen MR) is 88.1 cm³/mol. The van der Waals surface area contributed by atoms with Gasteiger partial charge < -0.3 is 10.2 Å². The van der Waals surface area contributed by atoms with Crippen molar-refractivity contribution in [1.29, 1.82) is 0 Å². The van der Waals surface area contributed by atoms with Gasteiger partial charge in [-0.3, -0.25) is 9.69 Å². The topological polar surface area (TPSA) is 52.7 Å². The highest BCUT2D eigenvalue weighted by molar-refractivity contribution is 5.99. The van der Waals surface area contributed by atoms with E-state index in [4.69, 9.17) is 0 Å². The molecule has 1 aliphatic rings. The molecule has 1 heterocycles. The van der Waals surface area contributed by atoms with Crippen molar-refractivity contribution in [2.24, 2.45) is 5.92 Å². The maximum Gasteiger partial charge on any atom is 0.322 e. The fourth-order valence-electron chi connectivity index (χ4n) is 2.74. The minimum Gasteiger partial charge on any atom is -0.336 e. The number of nitrogens with one attached hydrogen (secondary N) is 1. The van der Waals surface area contributed by atoms with Gasteiger partial charge >= 0.3 is 6.03 Å². The molecule has 2 rings (SSSR count). The summed E-state index contributed by atoms with van der Waals surface area (Å²) in [7, 11) is 0. The quantitative estimate of drug-likeness (QED) is 0.897. The Morgan fingerprint density at radius 2 is 1.96 bits per heavy atom. The Morgan fingerprint density at radius 1 is 1.29 bits per heavy atom. The lowest BCUT2D eigenvalue weighted by Gasteiger charge is -2.31. The van der Waals surface area contributed by atoms with Crippen molar-refractivity contribution in [2.45, 2.75) is 33.7 Å². The number of nitrogens with zero attached hydrogens (tertiary/aromatic N) is 2. The number of carbonyl (C=O) groups excluding carboxylic acids is 2. The second-order valence-corrected chi connectivity index (χ2v) is 6.24. The molecule has 1 aromatic carbocycles. The summed E-state index contributed by atoms with van der Waals surface area (Å²) in [4.78, 5) is 27.2. The van der Waals surface area contributed by atoms with E-state index in [9.17, 15) is 18.4 Å². The standard InChI is InChI=1S/C17H23F2N3O2/c1-5-21(11(4)10(2)3)16(23)12-8-15(14(19)9-13(12)18)22-7-6-20-17(22)24/h8-11H,5-7H2,1-4H3,(H,20,24)/t11-/m1/s1. The van der Waals surface area contributed by atoms with E-state index in [1.54, 1.807) is 4.90 Å². The number of hydrogen-bond donors (Lipinski definition) is 1. The highest BCUT2D eigenvalue weighted by atomic mass is 19.1. The first kappa shape index (κ1) is 18.2. The summed E-state index contributed by atoms with van der Waals surface area (Å²) in [5.74, 6) is -2.09. The highest BCUT2D eigenvalue weighted by Gasteiger charge is 2.29. The minimum absolute atomic E-state index is 0.0806. The molecule has 0 radical (unpaired) electrons. The van der Waals surface area contributed by atoms with E-state index in [0.29, 0.717) is 19.2 Å². The lowest BCUT2D eigenvalue weighted by Crippen LogP contribution is -2.41. The van der Waals surface area contributed by atoms with Crippen LogP contribution < -0.4 is 10.2 Å². The van der Waals surface area contributed by atoms with Gasteiger partial charge in [0.1, 0.15) is 11.6 Å². The van der Waals surface area contributed by atoms with Crippen LogP contribution in [0.1, 0.15) is 38.1 Å². The average Bonchev–Trinajstić information content (AvgIpc) is 2.93. The van der Waals surface area contributed by atoms with Crippen LogP contribution in [0.2, 0.25) is 0 Å². The van der Waals surface area contributed by atoms with Crippen LogP contribution in [0.25, 0.3) is 0 Å². The van der Waals surface area contributed by atoms with Gasteiger partial charge in [-0.2, -0.15) is 0 Å². The summed E-state index contributed by atoms with van der Waals surface area (Å²) in [6.45, 7) is 8.71. The lowest BCUT2D eigenvalue weighted by molar-refractivity contribution is 0.0655. The monoisotopic (exact) mass is 339 g/mol. The van der Waals surface area contributed by atoms with Crippen LogP contribution in [0.15, 0.2) is 12.1 Å². The van der Waals surface area contributed by atoms with Gasteiger partial charge in [-0.25, -0.2) is 13.6 Å². The molecule has 132 valence electrons. The largest absolute Gasteiger partial charge is 0.336 e. The summed E-state index contributed by atoms with van der Waals surface area (Å²) >= 11 is 0. The smallest absolute Gasteiger partial charge is 0.322 e. The molecule has 0 unspecified atom stereocenters. The average molecular weight is 339 g/mol. The van der Waals surface area contributed by atoms with E-state index in [-0.39, 0.29) is 29.8 Å². The van der Waals surface area contributed by atoms with Gasteiger partial charge in [0.05, 0.1) is 11.3 Å². The molecule has 5 nitrogen and oxygen atoms in total. The summed E-state index contributed by atoms with van der Waals surface area (Å²) in [6, 6.07) is 1.25. The zero-order valence-electron chi connectivity index (χ0n) is 14.4. The number of benzene rings is 1. The third-order valence-corrected chi connectivity index (χ3v) is 4.47. The molecular weight excluding hydrogens is 316 g/mol. The van der Waals surface area contributed by atoms with E-state index >= 15 is 0 Å². The van der Waals surface area contributed by atoms with Crippen LogP contribution >= 0.6 is 0 Å². The second kappa shape index (κ2) is 7.15. The lowest BCUT2D eigenvalue weighted by atomic mass is 10.0. The zero-order valence-corrected chi connectivity index (χ0v) is 14.4. The van der Waals surface area contributed by atoms with Gasteiger partial charge in [0.25, 0.3) is 5.91 Å². The molecule has 0 aliphatic carbocycles. The normalized spacial score (nSPS) is 15.6. The van der Waals surface area contributed by atoms with Gasteiger partial charge in [0, 0.05) is 31.7 Å². The maximum atomic E-state index is 14.2. The molecule has 0 saturated carbocycles. The molecule has 3 amide bonds. The van der Waals surface area contributed by atoms with Crippen molar-refractivity contribution in [3.63, 3.8) is 0 Å². The van der Waals surface area contributed by atoms with Crippen molar-refractivity contribution < 1.29 is 18.4 Å². The van der Waals surface area contributed by atoms with Gasteiger partial charge in [0.2, 0.25) is 0 Å². The van der Waals surface area contributed by atoms with Crippen LogP contribution in [0.5, 0.6) is 0 Å². The Balaban J connectivity index is 2.42. The van der Waals surface area contributed by atoms with E-state index in [2.05, 4.69) is 5.32 Å². The maximum absolute atomic E-state index is 14.2. The van der Waals surface area contributed by atoms with E-state index < -0.39 is 23.6 Å². The van der Waals surface area contributed by atoms with Crippen LogP contribution in [-0.2, 0) is 0 Å². The molecule has 7 heteroatoms.